The molecule has 4 aliphatic carbocycles. The van der Waals surface area contributed by atoms with Crippen LogP contribution in [0.25, 0.3) is 0 Å². The molecule has 3 saturated carbocycles. The Balaban J connectivity index is 1.72. The predicted octanol–water partition coefficient (Wildman–Crippen LogP) is 4.70. The minimum atomic E-state index is -0.753. The van der Waals surface area contributed by atoms with Gasteiger partial charge < -0.3 is 4.74 Å². The van der Waals surface area contributed by atoms with Crippen LogP contribution in [-0.4, -0.2) is 17.4 Å². The highest BCUT2D eigenvalue weighted by Crippen LogP contribution is 2.68. The van der Waals surface area contributed by atoms with Crippen LogP contribution in [0.15, 0.2) is 11.6 Å². The van der Waals surface area contributed by atoms with E-state index in [9.17, 15) is 9.59 Å². The molecule has 3 fully saturated rings. The van der Waals surface area contributed by atoms with Crippen molar-refractivity contribution in [3.8, 4) is 12.3 Å². The number of allylic oxidation sites excluding steroid dienone is 1. The van der Waals surface area contributed by atoms with Crippen molar-refractivity contribution in [2.75, 3.05) is 0 Å². The van der Waals surface area contributed by atoms with Gasteiger partial charge in [0.2, 0.25) is 0 Å². The van der Waals surface area contributed by atoms with Gasteiger partial charge in [0, 0.05) is 18.8 Å². The van der Waals surface area contributed by atoms with Crippen LogP contribution in [0.1, 0.15) is 72.6 Å². The van der Waals surface area contributed by atoms with E-state index in [-0.39, 0.29) is 16.8 Å². The van der Waals surface area contributed by atoms with E-state index in [2.05, 4.69) is 26.7 Å². The van der Waals surface area contributed by atoms with Crippen LogP contribution in [-0.2, 0) is 14.3 Å². The minimum absolute atomic E-state index is 0.139. The molecule has 7 atom stereocenters. The Bertz CT molecular complexity index is 758. The molecule has 0 bridgehead atoms. The maximum atomic E-state index is 12.1. The monoisotopic (exact) mass is 368 g/mol. The summed E-state index contributed by atoms with van der Waals surface area (Å²) in [6.45, 7) is 8.44. The summed E-state index contributed by atoms with van der Waals surface area (Å²) in [5, 5.41) is 0. The molecule has 3 nitrogen and oxygen atoms in total. The van der Waals surface area contributed by atoms with Gasteiger partial charge in [0.25, 0.3) is 0 Å². The van der Waals surface area contributed by atoms with Gasteiger partial charge in [-0.25, -0.2) is 0 Å². The lowest BCUT2D eigenvalue weighted by Crippen LogP contribution is -2.56. The summed E-state index contributed by atoms with van der Waals surface area (Å²) in [4.78, 5) is 23.9. The van der Waals surface area contributed by atoms with Crippen molar-refractivity contribution >= 4 is 11.8 Å². The fraction of sp³-hybridized carbons (Fsp3) is 0.750. The Morgan fingerprint density at radius 3 is 2.59 bits per heavy atom. The van der Waals surface area contributed by atoms with Gasteiger partial charge >= 0.3 is 5.97 Å². The lowest BCUT2D eigenvalue weighted by Gasteiger charge is -2.60. The van der Waals surface area contributed by atoms with Crippen molar-refractivity contribution < 1.29 is 14.3 Å². The Morgan fingerprint density at radius 2 is 1.93 bits per heavy atom. The number of carbonyl (C=O) groups is 2. The van der Waals surface area contributed by atoms with Gasteiger partial charge in [0.05, 0.1) is 0 Å². The van der Waals surface area contributed by atoms with Gasteiger partial charge in [-0.1, -0.05) is 32.3 Å². The fourth-order valence-electron chi connectivity index (χ4n) is 7.66. The van der Waals surface area contributed by atoms with Crippen molar-refractivity contribution in [1.82, 2.24) is 0 Å². The Morgan fingerprint density at radius 1 is 1.22 bits per heavy atom. The molecule has 0 radical (unpaired) electrons. The summed E-state index contributed by atoms with van der Waals surface area (Å²) < 4.78 is 5.84. The number of rotatable bonds is 1. The van der Waals surface area contributed by atoms with Crippen LogP contribution in [0.3, 0.4) is 0 Å². The highest BCUT2D eigenvalue weighted by molar-refractivity contribution is 5.91. The molecule has 0 aromatic carbocycles. The zero-order valence-corrected chi connectivity index (χ0v) is 17.1. The summed E-state index contributed by atoms with van der Waals surface area (Å²) >= 11 is 0. The van der Waals surface area contributed by atoms with Gasteiger partial charge in [-0.2, -0.15) is 0 Å². The molecule has 146 valence electrons. The van der Waals surface area contributed by atoms with Crippen LogP contribution in [0.5, 0.6) is 0 Å². The second-order valence-corrected chi connectivity index (χ2v) is 10.1. The Kier molecular flexibility index (Phi) is 4.15. The first-order valence-corrected chi connectivity index (χ1v) is 10.6. The summed E-state index contributed by atoms with van der Waals surface area (Å²) in [7, 11) is 0. The van der Waals surface area contributed by atoms with Crippen LogP contribution < -0.4 is 0 Å². The van der Waals surface area contributed by atoms with Gasteiger partial charge in [-0.05, 0) is 73.7 Å². The van der Waals surface area contributed by atoms with Crippen LogP contribution >= 0.6 is 0 Å². The van der Waals surface area contributed by atoms with Gasteiger partial charge in [-0.3, -0.25) is 9.59 Å². The normalized spacial score (nSPS) is 48.6. The molecule has 0 N–H and O–H groups in total. The first kappa shape index (κ1) is 18.8. The summed E-state index contributed by atoms with van der Waals surface area (Å²) in [5.41, 5.74) is 0.637. The topological polar surface area (TPSA) is 43.4 Å². The first-order chi connectivity index (χ1) is 12.7. The molecule has 0 aromatic rings. The third-order valence-corrected chi connectivity index (χ3v) is 8.95. The average molecular weight is 369 g/mol. The third kappa shape index (κ3) is 2.41. The molecule has 0 saturated heterocycles. The van der Waals surface area contributed by atoms with E-state index >= 15 is 0 Å². The van der Waals surface area contributed by atoms with Gasteiger partial charge in [-0.15, -0.1) is 6.42 Å². The largest absolute Gasteiger partial charge is 0.445 e. The van der Waals surface area contributed by atoms with E-state index in [1.165, 1.54) is 12.5 Å². The zero-order chi connectivity index (χ0) is 19.6. The van der Waals surface area contributed by atoms with Crippen LogP contribution in [0.4, 0.5) is 0 Å². The lowest BCUT2D eigenvalue weighted by atomic mass is 9.45. The van der Waals surface area contributed by atoms with E-state index in [1.807, 2.05) is 6.08 Å². The Labute approximate surface area is 163 Å². The molecular formula is C24H32O3. The van der Waals surface area contributed by atoms with Crippen molar-refractivity contribution in [3.63, 3.8) is 0 Å². The molecule has 3 heteroatoms. The molecule has 27 heavy (non-hydrogen) atoms. The van der Waals surface area contributed by atoms with Crippen LogP contribution in [0, 0.1) is 46.8 Å². The molecule has 4 aliphatic rings. The van der Waals surface area contributed by atoms with Crippen molar-refractivity contribution in [3.05, 3.63) is 11.6 Å². The molecule has 0 unspecified atom stereocenters. The molecule has 0 aromatic heterocycles. The molecule has 0 amide bonds. The summed E-state index contributed by atoms with van der Waals surface area (Å²) in [6, 6.07) is 0. The summed E-state index contributed by atoms with van der Waals surface area (Å²) in [6.07, 6.45) is 14.7. The van der Waals surface area contributed by atoms with Crippen molar-refractivity contribution in [1.29, 1.82) is 0 Å². The molecule has 0 aliphatic heterocycles. The highest BCUT2D eigenvalue weighted by Gasteiger charge is 2.66. The molecule has 4 rings (SSSR count). The molecule has 0 heterocycles. The number of hydrogen-bond donors (Lipinski definition) is 0. The number of ether oxygens (including phenoxy) is 1. The van der Waals surface area contributed by atoms with Gasteiger partial charge in [0.1, 0.15) is 0 Å². The van der Waals surface area contributed by atoms with E-state index in [0.29, 0.717) is 35.9 Å². The molecular weight excluding hydrogens is 336 g/mol. The second-order valence-electron chi connectivity index (χ2n) is 10.1. The molecule has 0 spiro atoms. The number of esters is 1. The second kappa shape index (κ2) is 5.97. The highest BCUT2D eigenvalue weighted by atomic mass is 16.6. The van der Waals surface area contributed by atoms with E-state index in [1.54, 1.807) is 0 Å². The number of terminal acetylenes is 1. The fourth-order valence-corrected chi connectivity index (χ4v) is 7.66. The smallest absolute Gasteiger partial charge is 0.304 e. The number of carbonyl (C=O) groups excluding carboxylic acids is 2. The Hall–Kier alpha value is -1.56. The summed E-state index contributed by atoms with van der Waals surface area (Å²) in [5.74, 6) is 5.10. The van der Waals surface area contributed by atoms with Crippen LogP contribution in [0.2, 0.25) is 0 Å². The van der Waals surface area contributed by atoms with Gasteiger partial charge in [0.15, 0.2) is 11.4 Å². The average Bonchev–Trinajstić information content (AvgIpc) is 2.89. The predicted molar refractivity (Wildman–Crippen MR) is 105 cm³/mol. The third-order valence-electron chi connectivity index (χ3n) is 8.95. The number of fused-ring (bicyclic) bond motifs is 5. The van der Waals surface area contributed by atoms with E-state index < -0.39 is 5.60 Å². The van der Waals surface area contributed by atoms with E-state index in [0.717, 1.165) is 38.5 Å². The maximum absolute atomic E-state index is 12.1. The van der Waals surface area contributed by atoms with Crippen molar-refractivity contribution in [2.45, 2.75) is 78.2 Å². The standard InChI is InChI=1S/C24H32O3/c1-6-24(27-16(3)25)12-9-20-18-13-15(2)21-14-17(26)7-10-22(21,4)19(18)8-11-23(20,24)5/h1,14-15,18-20H,7-13H2,2-5H3/t15-,18+,19-,20-,22+,23-,24+/m0/s1. The minimum Gasteiger partial charge on any atom is -0.445 e. The van der Waals surface area contributed by atoms with Crippen molar-refractivity contribution in [2.24, 2.45) is 34.5 Å². The number of ketones is 1. The SMILES string of the molecule is C#C[C@@]1(OC(C)=O)CC[C@H]2[C@@H]3C[C@H](C)C4=CC(=O)CC[C@]4(C)[C@H]3CC[C@@]21C. The lowest BCUT2D eigenvalue weighted by molar-refractivity contribution is -0.169. The number of hydrogen-bond acceptors (Lipinski definition) is 3. The first-order valence-electron chi connectivity index (χ1n) is 10.6. The maximum Gasteiger partial charge on any atom is 0.304 e. The van der Waals surface area contributed by atoms with E-state index in [4.69, 9.17) is 11.2 Å². The quantitative estimate of drug-likeness (QED) is 0.498. The zero-order valence-electron chi connectivity index (χ0n) is 17.1.